The number of hydrogen-bond donors (Lipinski definition) is 2. The third-order valence-corrected chi connectivity index (χ3v) is 6.23. The minimum absolute atomic E-state index is 0.0335. The van der Waals surface area contributed by atoms with Crippen LogP contribution in [0.1, 0.15) is 51.0 Å². The van der Waals surface area contributed by atoms with Gasteiger partial charge in [-0.05, 0) is 49.4 Å². The predicted molar refractivity (Wildman–Crippen MR) is 114 cm³/mol. The Kier molecular flexibility index (Phi) is 5.93. The second-order valence-corrected chi connectivity index (χ2v) is 8.43. The molecule has 158 valence electrons. The van der Waals surface area contributed by atoms with E-state index in [0.29, 0.717) is 18.7 Å². The number of likely N-dealkylation sites (tertiary alicyclic amines) is 1. The van der Waals surface area contributed by atoms with Crippen molar-refractivity contribution in [2.24, 2.45) is 5.92 Å². The second kappa shape index (κ2) is 8.78. The predicted octanol–water partition coefficient (Wildman–Crippen LogP) is 4.25. The average Bonchev–Trinajstić information content (AvgIpc) is 3.48. The van der Waals surface area contributed by atoms with Gasteiger partial charge in [0, 0.05) is 42.0 Å². The van der Waals surface area contributed by atoms with Crippen molar-refractivity contribution < 1.29 is 14.3 Å². The lowest BCUT2D eigenvalue weighted by molar-refractivity contribution is -0.135. The standard InChI is InChI=1S/C23H28N4O3/c1-15(22(28)27-11-5-8-21(27)24-2)12-16-14-25-20-10-9-18(13-19(16)20)30-23(29)26-17-6-3-4-7-17/h9-10,13-15,17,21,25H,3-8,11-12H2,1H3,(H,26,29)/t15-,21-/m0/s1. The van der Waals surface area contributed by atoms with E-state index in [2.05, 4.69) is 15.1 Å². The maximum atomic E-state index is 12.8. The number of rotatable bonds is 5. The highest BCUT2D eigenvalue weighted by molar-refractivity contribution is 5.87. The number of aromatic nitrogens is 1. The summed E-state index contributed by atoms with van der Waals surface area (Å²) >= 11 is 0. The zero-order valence-electron chi connectivity index (χ0n) is 17.3. The Hall–Kier alpha value is -3.01. The molecule has 1 aliphatic carbocycles. The molecule has 0 unspecified atom stereocenters. The van der Waals surface area contributed by atoms with Crippen LogP contribution in [0.5, 0.6) is 5.75 Å². The van der Waals surface area contributed by atoms with Gasteiger partial charge in [-0.25, -0.2) is 11.4 Å². The van der Waals surface area contributed by atoms with Crippen LogP contribution in [0.25, 0.3) is 15.7 Å². The molecule has 2 amide bonds. The summed E-state index contributed by atoms with van der Waals surface area (Å²) in [5.41, 5.74) is 1.94. The van der Waals surface area contributed by atoms with E-state index < -0.39 is 6.09 Å². The Morgan fingerprint density at radius 1 is 1.30 bits per heavy atom. The summed E-state index contributed by atoms with van der Waals surface area (Å²) in [4.78, 5) is 33.6. The van der Waals surface area contributed by atoms with Gasteiger partial charge in [0.2, 0.25) is 5.91 Å². The zero-order chi connectivity index (χ0) is 21.1. The van der Waals surface area contributed by atoms with Gasteiger partial charge in [0.25, 0.3) is 0 Å². The first-order valence-electron chi connectivity index (χ1n) is 10.8. The van der Waals surface area contributed by atoms with Crippen LogP contribution >= 0.6 is 0 Å². The molecule has 0 radical (unpaired) electrons. The number of nitrogens with one attached hydrogen (secondary N) is 2. The number of aromatic amines is 1. The Morgan fingerprint density at radius 2 is 2.10 bits per heavy atom. The maximum Gasteiger partial charge on any atom is 0.412 e. The molecule has 2 aliphatic rings. The van der Waals surface area contributed by atoms with Crippen molar-refractivity contribution in [1.29, 1.82) is 0 Å². The van der Waals surface area contributed by atoms with Crippen molar-refractivity contribution in [2.45, 2.75) is 64.1 Å². The van der Waals surface area contributed by atoms with Crippen molar-refractivity contribution in [1.82, 2.24) is 15.2 Å². The zero-order valence-corrected chi connectivity index (χ0v) is 17.3. The van der Waals surface area contributed by atoms with Gasteiger partial charge in [0.1, 0.15) is 5.75 Å². The van der Waals surface area contributed by atoms with E-state index in [1.54, 1.807) is 11.0 Å². The fourth-order valence-corrected chi connectivity index (χ4v) is 4.60. The number of H-pyrrole nitrogens is 1. The minimum atomic E-state index is -0.416. The molecule has 1 aromatic heterocycles. The summed E-state index contributed by atoms with van der Waals surface area (Å²) in [5.74, 6) is 0.304. The molecule has 30 heavy (non-hydrogen) atoms. The first-order chi connectivity index (χ1) is 14.5. The van der Waals surface area contributed by atoms with Gasteiger partial charge >= 0.3 is 12.3 Å². The summed E-state index contributed by atoms with van der Waals surface area (Å²) < 4.78 is 5.50. The molecule has 0 spiro atoms. The van der Waals surface area contributed by atoms with E-state index in [0.717, 1.165) is 55.0 Å². The lowest BCUT2D eigenvalue weighted by Gasteiger charge is -2.20. The van der Waals surface area contributed by atoms with Crippen LogP contribution in [0.15, 0.2) is 24.4 Å². The van der Waals surface area contributed by atoms with Gasteiger partial charge in [-0.1, -0.05) is 19.8 Å². The van der Waals surface area contributed by atoms with Crippen LogP contribution in [-0.2, 0) is 11.2 Å². The summed E-state index contributed by atoms with van der Waals surface area (Å²) in [6.07, 6.45) is 7.71. The topological polar surface area (TPSA) is 78.8 Å². The van der Waals surface area contributed by atoms with E-state index >= 15 is 0 Å². The Bertz CT molecular complexity index is 970. The second-order valence-electron chi connectivity index (χ2n) is 8.43. The van der Waals surface area contributed by atoms with Crippen molar-refractivity contribution in [3.05, 3.63) is 41.4 Å². The fraction of sp³-hybridized carbons (Fsp3) is 0.522. The Morgan fingerprint density at radius 3 is 2.87 bits per heavy atom. The molecule has 7 nitrogen and oxygen atoms in total. The molecule has 0 bridgehead atoms. The fourth-order valence-electron chi connectivity index (χ4n) is 4.60. The van der Waals surface area contributed by atoms with Crippen LogP contribution in [0.4, 0.5) is 4.79 Å². The Labute approximate surface area is 176 Å². The van der Waals surface area contributed by atoms with Crippen LogP contribution in [0.2, 0.25) is 0 Å². The third-order valence-electron chi connectivity index (χ3n) is 6.23. The molecule has 2 aromatic rings. The van der Waals surface area contributed by atoms with Crippen molar-refractivity contribution in [3.63, 3.8) is 0 Å². The molecule has 1 saturated heterocycles. The quantitative estimate of drug-likeness (QED) is 0.726. The lowest BCUT2D eigenvalue weighted by atomic mass is 9.99. The summed E-state index contributed by atoms with van der Waals surface area (Å²) in [6.45, 7) is 9.88. The summed E-state index contributed by atoms with van der Waals surface area (Å²) in [6, 6.07) is 5.72. The van der Waals surface area contributed by atoms with E-state index in [1.807, 2.05) is 25.3 Å². The number of ether oxygens (including phenoxy) is 1. The normalized spacial score (nSPS) is 20.3. The van der Waals surface area contributed by atoms with Crippen LogP contribution < -0.4 is 10.1 Å². The number of carbonyl (C=O) groups excluding carboxylic acids is 2. The average molecular weight is 409 g/mol. The number of carbonyl (C=O) groups is 2. The van der Waals surface area contributed by atoms with Gasteiger partial charge in [-0.2, -0.15) is 0 Å². The molecular formula is C23H28N4O3. The molecule has 1 aliphatic heterocycles. The molecular weight excluding hydrogens is 380 g/mol. The largest absolute Gasteiger partial charge is 0.412 e. The molecule has 2 atom stereocenters. The number of fused-ring (bicyclic) bond motifs is 1. The van der Waals surface area contributed by atoms with Gasteiger partial charge in [-0.3, -0.25) is 14.5 Å². The molecule has 1 saturated carbocycles. The number of nitrogens with zero attached hydrogens (tertiary/aromatic N) is 2. The van der Waals surface area contributed by atoms with Crippen molar-refractivity contribution >= 4 is 22.9 Å². The van der Waals surface area contributed by atoms with Crippen LogP contribution in [0, 0.1) is 12.5 Å². The highest BCUT2D eigenvalue weighted by Crippen LogP contribution is 2.28. The maximum absolute atomic E-state index is 12.8. The van der Waals surface area contributed by atoms with Gasteiger partial charge in [-0.15, -0.1) is 0 Å². The highest BCUT2D eigenvalue weighted by Gasteiger charge is 2.35. The molecule has 4 rings (SSSR count). The number of amides is 2. The van der Waals surface area contributed by atoms with Crippen molar-refractivity contribution in [2.75, 3.05) is 6.54 Å². The third kappa shape index (κ3) is 4.28. The summed E-state index contributed by atoms with van der Waals surface area (Å²) in [7, 11) is 0. The Balaban J connectivity index is 1.44. The highest BCUT2D eigenvalue weighted by atomic mass is 16.6. The monoisotopic (exact) mass is 408 g/mol. The van der Waals surface area contributed by atoms with E-state index in [9.17, 15) is 9.59 Å². The van der Waals surface area contributed by atoms with E-state index in [1.165, 1.54) is 0 Å². The molecule has 2 N–H and O–H groups in total. The number of hydrogen-bond acceptors (Lipinski definition) is 3. The van der Waals surface area contributed by atoms with E-state index in [-0.39, 0.29) is 24.0 Å². The van der Waals surface area contributed by atoms with Gasteiger partial charge in [0.05, 0.1) is 0 Å². The minimum Gasteiger partial charge on any atom is -0.410 e. The lowest BCUT2D eigenvalue weighted by Crippen LogP contribution is -2.38. The SMILES string of the molecule is [C-]#[N+][C@@H]1CCCN1C(=O)[C@@H](C)Cc1c[nH]c2ccc(OC(=O)NC3CCCC3)cc12. The van der Waals surface area contributed by atoms with E-state index in [4.69, 9.17) is 11.3 Å². The first-order valence-corrected chi connectivity index (χ1v) is 10.8. The molecule has 2 heterocycles. The van der Waals surface area contributed by atoms with Gasteiger partial charge in [0.15, 0.2) is 0 Å². The molecule has 1 aromatic carbocycles. The smallest absolute Gasteiger partial charge is 0.410 e. The first kappa shape index (κ1) is 20.3. The molecule has 7 heteroatoms. The summed E-state index contributed by atoms with van der Waals surface area (Å²) in [5, 5.41) is 3.88. The van der Waals surface area contributed by atoms with Crippen LogP contribution in [0.3, 0.4) is 0 Å². The molecule has 2 fully saturated rings. The van der Waals surface area contributed by atoms with Gasteiger partial charge < -0.3 is 15.0 Å². The number of benzene rings is 1. The van der Waals surface area contributed by atoms with Crippen molar-refractivity contribution in [3.8, 4) is 5.75 Å². The van der Waals surface area contributed by atoms with Crippen LogP contribution in [-0.4, -0.2) is 40.6 Å².